The molecule has 0 fully saturated rings. The Balaban J connectivity index is 2.38. The second-order valence-electron chi connectivity index (χ2n) is 3.58. The molecule has 0 spiro atoms. The Bertz CT molecular complexity index is 374. The number of rotatable bonds is 6. The second-order valence-corrected chi connectivity index (χ2v) is 3.58. The van der Waals surface area contributed by atoms with Crippen LogP contribution in [0.4, 0.5) is 0 Å². The van der Waals surface area contributed by atoms with Crippen molar-refractivity contribution in [3.8, 4) is 0 Å². The van der Waals surface area contributed by atoms with Crippen LogP contribution in [0.2, 0.25) is 0 Å². The Morgan fingerprint density at radius 3 is 3.00 bits per heavy atom. The zero-order valence-electron chi connectivity index (χ0n) is 9.71. The number of hydrogen-bond donors (Lipinski definition) is 3. The number of imidazole rings is 1. The molecule has 0 aliphatic rings. The Kier molecular flexibility index (Phi) is 4.99. The van der Waals surface area contributed by atoms with Gasteiger partial charge in [-0.2, -0.15) is 0 Å². The van der Waals surface area contributed by atoms with Crippen molar-refractivity contribution >= 4 is 11.7 Å². The van der Waals surface area contributed by atoms with Gasteiger partial charge in [-0.25, -0.2) is 4.98 Å². The maximum absolute atomic E-state index is 11.7. The van der Waals surface area contributed by atoms with E-state index in [1.807, 2.05) is 10.8 Å². The number of oxime groups is 1. The highest BCUT2D eigenvalue weighted by Gasteiger charge is 2.20. The number of amidine groups is 1. The fourth-order valence-corrected chi connectivity index (χ4v) is 1.45. The molecule has 7 heteroatoms. The zero-order chi connectivity index (χ0) is 12.7. The largest absolute Gasteiger partial charge is 0.409 e. The predicted molar refractivity (Wildman–Crippen MR) is 62.4 cm³/mol. The quantitative estimate of drug-likeness (QED) is 0.276. The normalized spacial score (nSPS) is 13.4. The molecule has 1 aromatic heterocycles. The third-order valence-corrected chi connectivity index (χ3v) is 2.43. The van der Waals surface area contributed by atoms with Gasteiger partial charge < -0.3 is 20.8 Å². The summed E-state index contributed by atoms with van der Waals surface area (Å²) < 4.78 is 1.85. The van der Waals surface area contributed by atoms with E-state index in [1.54, 1.807) is 19.4 Å². The van der Waals surface area contributed by atoms with Crippen LogP contribution in [0.15, 0.2) is 23.9 Å². The first kappa shape index (κ1) is 13.0. The molecule has 0 bridgehead atoms. The maximum atomic E-state index is 11.7. The number of carbonyl (C=O) groups excluding carboxylic acids is 1. The molecular formula is C10H17N5O2. The molecule has 0 aromatic carbocycles. The summed E-state index contributed by atoms with van der Waals surface area (Å²) in [6.45, 7) is 2.92. The van der Waals surface area contributed by atoms with Crippen molar-refractivity contribution in [3.05, 3.63) is 18.7 Å². The summed E-state index contributed by atoms with van der Waals surface area (Å²) in [5.41, 5.74) is 5.42. The van der Waals surface area contributed by atoms with Crippen LogP contribution in [0.25, 0.3) is 0 Å². The van der Waals surface area contributed by atoms with E-state index in [4.69, 9.17) is 10.9 Å². The first-order valence-electron chi connectivity index (χ1n) is 5.40. The average Bonchev–Trinajstić information content (AvgIpc) is 2.82. The van der Waals surface area contributed by atoms with Gasteiger partial charge in [0.05, 0.1) is 12.2 Å². The molecule has 1 rings (SSSR count). The van der Waals surface area contributed by atoms with Crippen LogP contribution in [0, 0.1) is 5.92 Å². The van der Waals surface area contributed by atoms with Crippen molar-refractivity contribution < 1.29 is 10.0 Å². The number of carbonyl (C=O) groups is 1. The lowest BCUT2D eigenvalue weighted by molar-refractivity contribution is -0.123. The van der Waals surface area contributed by atoms with Crippen molar-refractivity contribution in [2.45, 2.75) is 19.9 Å². The average molecular weight is 239 g/mol. The van der Waals surface area contributed by atoms with Crippen LogP contribution in [0.5, 0.6) is 0 Å². The lowest BCUT2D eigenvalue weighted by Crippen LogP contribution is -2.39. The third kappa shape index (κ3) is 3.78. The fraction of sp³-hybridized carbons (Fsp3) is 0.500. The molecule has 1 aromatic rings. The SMILES string of the molecule is CCC(C(=O)NCCn1ccnc1)C(N)=NO. The van der Waals surface area contributed by atoms with Crippen molar-refractivity contribution in [3.63, 3.8) is 0 Å². The Hall–Kier alpha value is -2.05. The minimum absolute atomic E-state index is 0.0624. The minimum Gasteiger partial charge on any atom is -0.409 e. The van der Waals surface area contributed by atoms with Crippen LogP contribution < -0.4 is 11.1 Å². The first-order chi connectivity index (χ1) is 8.19. The highest BCUT2D eigenvalue weighted by Crippen LogP contribution is 2.02. The summed E-state index contributed by atoms with van der Waals surface area (Å²) >= 11 is 0. The molecule has 4 N–H and O–H groups in total. The lowest BCUT2D eigenvalue weighted by atomic mass is 10.1. The molecule has 0 aliphatic heterocycles. The van der Waals surface area contributed by atoms with Crippen molar-refractivity contribution in [1.29, 1.82) is 0 Å². The third-order valence-electron chi connectivity index (χ3n) is 2.43. The number of nitrogens with one attached hydrogen (secondary N) is 1. The van der Waals surface area contributed by atoms with Gasteiger partial charge in [-0.1, -0.05) is 12.1 Å². The van der Waals surface area contributed by atoms with Gasteiger partial charge in [0.2, 0.25) is 5.91 Å². The van der Waals surface area contributed by atoms with Gasteiger partial charge in [0.15, 0.2) is 5.84 Å². The molecule has 1 unspecified atom stereocenters. The molecule has 0 aliphatic carbocycles. The topological polar surface area (TPSA) is 106 Å². The number of nitrogens with two attached hydrogens (primary N) is 1. The molecule has 17 heavy (non-hydrogen) atoms. The van der Waals surface area contributed by atoms with Gasteiger partial charge in [0, 0.05) is 25.5 Å². The zero-order valence-corrected chi connectivity index (χ0v) is 9.71. The molecule has 94 valence electrons. The van der Waals surface area contributed by atoms with E-state index in [0.717, 1.165) is 0 Å². The predicted octanol–water partition coefficient (Wildman–Crippen LogP) is -0.228. The van der Waals surface area contributed by atoms with E-state index >= 15 is 0 Å². The van der Waals surface area contributed by atoms with Crippen molar-refractivity contribution in [1.82, 2.24) is 14.9 Å². The molecule has 0 saturated carbocycles. The maximum Gasteiger partial charge on any atom is 0.230 e. The highest BCUT2D eigenvalue weighted by atomic mass is 16.4. The van der Waals surface area contributed by atoms with Gasteiger partial charge >= 0.3 is 0 Å². The van der Waals surface area contributed by atoms with Crippen LogP contribution in [0.3, 0.4) is 0 Å². The van der Waals surface area contributed by atoms with Crippen molar-refractivity contribution in [2.75, 3.05) is 6.54 Å². The van der Waals surface area contributed by atoms with E-state index in [2.05, 4.69) is 15.5 Å². The van der Waals surface area contributed by atoms with Gasteiger partial charge in [-0.05, 0) is 6.42 Å². The Morgan fingerprint density at radius 1 is 1.71 bits per heavy atom. The smallest absolute Gasteiger partial charge is 0.230 e. The van der Waals surface area contributed by atoms with Crippen LogP contribution in [-0.2, 0) is 11.3 Å². The molecule has 1 amide bonds. The summed E-state index contributed by atoms with van der Waals surface area (Å²) in [4.78, 5) is 15.6. The second kappa shape index (κ2) is 6.51. The van der Waals surface area contributed by atoms with E-state index in [-0.39, 0.29) is 11.7 Å². The van der Waals surface area contributed by atoms with Gasteiger partial charge in [0.1, 0.15) is 0 Å². The summed E-state index contributed by atoms with van der Waals surface area (Å²) in [6, 6.07) is 0. The number of amides is 1. The summed E-state index contributed by atoms with van der Waals surface area (Å²) in [7, 11) is 0. The molecule has 7 nitrogen and oxygen atoms in total. The summed E-state index contributed by atoms with van der Waals surface area (Å²) in [5, 5.41) is 14.1. The monoisotopic (exact) mass is 239 g/mol. The van der Waals surface area contributed by atoms with Gasteiger partial charge in [-0.15, -0.1) is 0 Å². The number of hydrogen-bond acceptors (Lipinski definition) is 4. The lowest BCUT2D eigenvalue weighted by Gasteiger charge is -2.13. The summed E-state index contributed by atoms with van der Waals surface area (Å²) in [6.07, 6.45) is 5.65. The molecule has 0 radical (unpaired) electrons. The van der Waals surface area contributed by atoms with E-state index < -0.39 is 5.92 Å². The molecule has 1 atom stereocenters. The van der Waals surface area contributed by atoms with E-state index in [1.165, 1.54) is 0 Å². The number of aromatic nitrogens is 2. The minimum atomic E-state index is -0.581. The van der Waals surface area contributed by atoms with Crippen molar-refractivity contribution in [2.24, 2.45) is 16.8 Å². The highest BCUT2D eigenvalue weighted by molar-refractivity contribution is 6.01. The molecule has 0 saturated heterocycles. The van der Waals surface area contributed by atoms with Crippen LogP contribution in [-0.4, -0.2) is 33.0 Å². The van der Waals surface area contributed by atoms with E-state index in [9.17, 15) is 4.79 Å². The number of nitrogens with zero attached hydrogens (tertiary/aromatic N) is 3. The standard InChI is InChI=1S/C10H17N5O2/c1-2-8(9(11)14-17)10(16)13-4-6-15-5-3-12-7-15/h3,5,7-8,17H,2,4,6H2,1H3,(H2,11,14)(H,13,16). The Labute approximate surface area is 99.3 Å². The van der Waals surface area contributed by atoms with Crippen LogP contribution in [0.1, 0.15) is 13.3 Å². The summed E-state index contributed by atoms with van der Waals surface area (Å²) in [5.74, 6) is -0.877. The molecular weight excluding hydrogens is 222 g/mol. The fourth-order valence-electron chi connectivity index (χ4n) is 1.45. The van der Waals surface area contributed by atoms with E-state index in [0.29, 0.717) is 19.5 Å². The first-order valence-corrected chi connectivity index (χ1v) is 5.40. The molecule has 1 heterocycles. The van der Waals surface area contributed by atoms with Gasteiger partial charge in [-0.3, -0.25) is 4.79 Å². The van der Waals surface area contributed by atoms with Crippen LogP contribution >= 0.6 is 0 Å². The Morgan fingerprint density at radius 2 is 2.47 bits per heavy atom. The van der Waals surface area contributed by atoms with Gasteiger partial charge in [0.25, 0.3) is 0 Å².